The Morgan fingerprint density at radius 2 is 1.21 bits per heavy atom. The third kappa shape index (κ3) is 34.1. The number of esters is 1. The molecule has 0 aromatic carbocycles. The number of aliphatic hydroxyl groups excluding tert-OH is 2. The highest BCUT2D eigenvalue weighted by Crippen LogP contribution is 2.43. The van der Waals surface area contributed by atoms with Crippen molar-refractivity contribution in [2.24, 2.45) is 0 Å². The first-order chi connectivity index (χ1) is 22.8. The number of phosphoric acid groups is 1. The summed E-state index contributed by atoms with van der Waals surface area (Å²) >= 11 is 0. The lowest BCUT2D eigenvalue weighted by Crippen LogP contribution is -2.29. The molecule has 0 aliphatic carbocycles. The largest absolute Gasteiger partial charge is 0.472 e. The summed E-state index contributed by atoms with van der Waals surface area (Å²) in [5, 5.41) is 18.3. The zero-order chi connectivity index (χ0) is 34.7. The second-order valence-corrected chi connectivity index (χ2v) is 13.3. The van der Waals surface area contributed by atoms with Gasteiger partial charge in [0.2, 0.25) is 0 Å². The van der Waals surface area contributed by atoms with Crippen LogP contribution in [0.15, 0.2) is 48.6 Å². The second kappa shape index (κ2) is 34.3. The Hall–Kier alpha value is -1.58. The van der Waals surface area contributed by atoms with E-state index in [0.717, 1.165) is 64.2 Å². The zero-order valence-corrected chi connectivity index (χ0v) is 30.4. The van der Waals surface area contributed by atoms with E-state index in [2.05, 4.69) is 62.5 Å². The maximum atomic E-state index is 12.5. The van der Waals surface area contributed by atoms with E-state index in [4.69, 9.17) is 23.6 Å². The Morgan fingerprint density at radius 1 is 0.681 bits per heavy atom. The predicted octanol–water partition coefficient (Wildman–Crippen LogP) is 9.08. The van der Waals surface area contributed by atoms with E-state index in [1.807, 2.05) is 0 Å². The molecule has 0 fully saturated rings. The summed E-state index contributed by atoms with van der Waals surface area (Å²) in [6.07, 6.45) is 35.0. The highest BCUT2D eigenvalue weighted by molar-refractivity contribution is 7.47. The number of hydrogen-bond donors (Lipinski definition) is 3. The van der Waals surface area contributed by atoms with Gasteiger partial charge in [-0.15, -0.1) is 0 Å². The number of carbonyl (C=O) groups is 1. The van der Waals surface area contributed by atoms with Crippen LogP contribution in [0.3, 0.4) is 0 Å². The van der Waals surface area contributed by atoms with E-state index >= 15 is 0 Å². The molecule has 0 aliphatic rings. The van der Waals surface area contributed by atoms with Crippen molar-refractivity contribution in [2.75, 3.05) is 33.0 Å². The summed E-state index contributed by atoms with van der Waals surface area (Å²) in [5.41, 5.74) is 0. The van der Waals surface area contributed by atoms with Gasteiger partial charge < -0.3 is 24.6 Å². The van der Waals surface area contributed by atoms with Crippen LogP contribution in [-0.4, -0.2) is 66.3 Å². The van der Waals surface area contributed by atoms with Crippen LogP contribution < -0.4 is 0 Å². The highest BCUT2D eigenvalue weighted by atomic mass is 31.2. The van der Waals surface area contributed by atoms with Gasteiger partial charge in [-0.2, -0.15) is 0 Å². The van der Waals surface area contributed by atoms with Crippen LogP contribution in [0.25, 0.3) is 0 Å². The fourth-order valence-corrected chi connectivity index (χ4v) is 5.27. The average Bonchev–Trinajstić information content (AvgIpc) is 3.06. The summed E-state index contributed by atoms with van der Waals surface area (Å²) in [6, 6.07) is 0. The normalized spacial score (nSPS) is 14.9. The van der Waals surface area contributed by atoms with Crippen LogP contribution in [0, 0.1) is 0 Å². The molecule has 0 saturated carbocycles. The molecule has 0 radical (unpaired) electrons. The molecule has 0 aromatic rings. The average molecular weight is 687 g/mol. The molecule has 10 heteroatoms. The van der Waals surface area contributed by atoms with Gasteiger partial charge >= 0.3 is 13.8 Å². The molecule has 3 N–H and O–H groups in total. The highest BCUT2D eigenvalue weighted by Gasteiger charge is 2.26. The Morgan fingerprint density at radius 3 is 1.85 bits per heavy atom. The van der Waals surface area contributed by atoms with Crippen molar-refractivity contribution >= 4 is 13.8 Å². The number of phosphoric ester groups is 1. The number of hydrogen-bond acceptors (Lipinski definition) is 8. The van der Waals surface area contributed by atoms with Crippen molar-refractivity contribution in [3.05, 3.63) is 48.6 Å². The lowest BCUT2D eigenvalue weighted by Gasteiger charge is -2.20. The lowest BCUT2D eigenvalue weighted by molar-refractivity contribution is -0.154. The SMILES string of the molecule is CC/C=C\C/C=C\C/C=C\CCCCCC(=O)OC(COCCCCCCCC/C=C\CCCCC)COP(=O)(O)OCC(O)CO. The number of rotatable bonds is 34. The van der Waals surface area contributed by atoms with Crippen molar-refractivity contribution < 1.29 is 43.0 Å². The molecule has 0 amide bonds. The van der Waals surface area contributed by atoms with E-state index in [9.17, 15) is 19.4 Å². The summed E-state index contributed by atoms with van der Waals surface area (Å²) in [4.78, 5) is 22.4. The standard InChI is InChI=1S/C37H67O9P/c1-3-5-7-9-11-13-15-17-19-21-23-25-27-29-37(40)46-36(34-45-47(41,42)44-32-35(39)31-38)33-43-30-28-26-24-22-20-18-16-14-12-10-8-6-4-2/h5,7,11-14,17,19,35-36,38-39H,3-4,6,8-10,15-16,18,20-34H2,1-2H3,(H,41,42)/b7-5-,13-11-,14-12-,19-17-. The molecular formula is C37H67O9P. The summed E-state index contributed by atoms with van der Waals surface area (Å²) in [6.45, 7) is 3.30. The summed E-state index contributed by atoms with van der Waals surface area (Å²) in [5.74, 6) is -0.416. The Bertz CT molecular complexity index is 872. The van der Waals surface area contributed by atoms with Crippen molar-refractivity contribution in [3.8, 4) is 0 Å². The number of unbranched alkanes of at least 4 members (excludes halogenated alkanes) is 12. The van der Waals surface area contributed by atoms with Crippen LogP contribution >= 0.6 is 7.82 Å². The van der Waals surface area contributed by atoms with Crippen LogP contribution in [0.1, 0.15) is 136 Å². The molecule has 0 aromatic heterocycles. The third-order valence-corrected chi connectivity index (χ3v) is 8.20. The maximum Gasteiger partial charge on any atom is 0.472 e. The molecule has 3 unspecified atom stereocenters. The molecule has 3 atom stereocenters. The van der Waals surface area contributed by atoms with E-state index in [1.54, 1.807) is 0 Å². The number of allylic oxidation sites excluding steroid dienone is 8. The zero-order valence-electron chi connectivity index (χ0n) is 29.5. The molecule has 0 aliphatic heterocycles. The molecule has 0 saturated heterocycles. The van der Waals surface area contributed by atoms with E-state index in [-0.39, 0.29) is 13.0 Å². The third-order valence-electron chi connectivity index (χ3n) is 7.25. The van der Waals surface area contributed by atoms with Crippen LogP contribution in [0.4, 0.5) is 0 Å². The monoisotopic (exact) mass is 686 g/mol. The summed E-state index contributed by atoms with van der Waals surface area (Å²) < 4.78 is 33.1. The van der Waals surface area contributed by atoms with Gasteiger partial charge in [0.25, 0.3) is 0 Å². The lowest BCUT2D eigenvalue weighted by atomic mass is 10.1. The topological polar surface area (TPSA) is 132 Å². The first-order valence-corrected chi connectivity index (χ1v) is 19.6. The molecule has 0 rings (SSSR count). The Balaban J connectivity index is 4.33. The molecule has 9 nitrogen and oxygen atoms in total. The number of aliphatic hydroxyl groups is 2. The second-order valence-electron chi connectivity index (χ2n) is 11.9. The molecule has 274 valence electrons. The van der Waals surface area contributed by atoms with Gasteiger partial charge in [0.1, 0.15) is 12.2 Å². The van der Waals surface area contributed by atoms with E-state index in [1.165, 1.54) is 44.9 Å². The molecule has 0 spiro atoms. The van der Waals surface area contributed by atoms with Crippen molar-refractivity contribution in [3.63, 3.8) is 0 Å². The smallest absolute Gasteiger partial charge is 0.457 e. The number of ether oxygens (including phenoxy) is 2. The van der Waals surface area contributed by atoms with Crippen molar-refractivity contribution in [1.29, 1.82) is 0 Å². The van der Waals surface area contributed by atoms with Gasteiger partial charge in [0.15, 0.2) is 0 Å². The van der Waals surface area contributed by atoms with Crippen LogP contribution in [0.5, 0.6) is 0 Å². The van der Waals surface area contributed by atoms with Gasteiger partial charge in [-0.1, -0.05) is 107 Å². The fourth-order valence-electron chi connectivity index (χ4n) is 4.48. The quantitative estimate of drug-likeness (QED) is 0.0262. The minimum absolute atomic E-state index is 0.0315. The first-order valence-electron chi connectivity index (χ1n) is 18.1. The molecule has 0 bridgehead atoms. The molecule has 0 heterocycles. The van der Waals surface area contributed by atoms with Gasteiger partial charge in [-0.3, -0.25) is 13.8 Å². The Labute approximate surface area is 286 Å². The van der Waals surface area contributed by atoms with Gasteiger partial charge in [0.05, 0.1) is 26.4 Å². The minimum Gasteiger partial charge on any atom is -0.457 e. The predicted molar refractivity (Wildman–Crippen MR) is 191 cm³/mol. The van der Waals surface area contributed by atoms with Crippen molar-refractivity contribution in [1.82, 2.24) is 0 Å². The molecular weight excluding hydrogens is 619 g/mol. The van der Waals surface area contributed by atoms with Crippen molar-refractivity contribution in [2.45, 2.75) is 148 Å². The summed E-state index contributed by atoms with van der Waals surface area (Å²) in [7, 11) is -4.52. The fraction of sp³-hybridized carbons (Fsp3) is 0.757. The minimum atomic E-state index is -4.52. The van der Waals surface area contributed by atoms with Gasteiger partial charge in [-0.05, 0) is 70.6 Å². The van der Waals surface area contributed by atoms with E-state index in [0.29, 0.717) is 13.0 Å². The first kappa shape index (κ1) is 45.4. The van der Waals surface area contributed by atoms with Crippen LogP contribution in [-0.2, 0) is 27.9 Å². The van der Waals surface area contributed by atoms with E-state index < -0.39 is 45.8 Å². The number of carbonyl (C=O) groups excluding carboxylic acids is 1. The maximum absolute atomic E-state index is 12.5. The molecule has 47 heavy (non-hydrogen) atoms. The van der Waals surface area contributed by atoms with Crippen LogP contribution in [0.2, 0.25) is 0 Å². The van der Waals surface area contributed by atoms with Gasteiger partial charge in [0, 0.05) is 13.0 Å². The Kier molecular flexibility index (Phi) is 33.1. The van der Waals surface area contributed by atoms with Gasteiger partial charge in [-0.25, -0.2) is 4.57 Å².